The fraction of sp³-hybridized carbons (Fsp3) is 0.353. The van der Waals surface area contributed by atoms with Crippen LogP contribution in [-0.2, 0) is 4.74 Å². The highest BCUT2D eigenvalue weighted by Gasteiger charge is 2.21. The second-order valence-corrected chi connectivity index (χ2v) is 5.22. The van der Waals surface area contributed by atoms with Crippen LogP contribution < -0.4 is 4.90 Å². The lowest BCUT2D eigenvalue weighted by atomic mass is 10.0. The van der Waals surface area contributed by atoms with Gasteiger partial charge in [0.05, 0.1) is 18.4 Å². The summed E-state index contributed by atoms with van der Waals surface area (Å²) in [5.74, 6) is -0.253. The van der Waals surface area contributed by atoms with Gasteiger partial charge in [-0.2, -0.15) is 0 Å². The van der Waals surface area contributed by atoms with Crippen molar-refractivity contribution in [2.24, 2.45) is 0 Å². The number of ether oxygens (including phenoxy) is 1. The number of piperidine rings is 1. The molecule has 0 amide bonds. The minimum atomic E-state index is -0.253. The van der Waals surface area contributed by atoms with E-state index in [-0.39, 0.29) is 5.97 Å². The number of anilines is 1. The largest absolute Gasteiger partial charge is 0.465 e. The van der Waals surface area contributed by atoms with Crippen molar-refractivity contribution in [1.29, 1.82) is 0 Å². The van der Waals surface area contributed by atoms with Gasteiger partial charge in [0.15, 0.2) is 0 Å². The summed E-state index contributed by atoms with van der Waals surface area (Å²) in [6.07, 6.45) is 3.64. The van der Waals surface area contributed by atoms with Crippen LogP contribution in [0.25, 0.3) is 10.8 Å². The normalized spacial score (nSPS) is 15.3. The maximum Gasteiger partial charge on any atom is 0.339 e. The summed E-state index contributed by atoms with van der Waals surface area (Å²) < 4.78 is 4.95. The standard InChI is InChI=1S/C17H19NO2/c1-20-17(19)15-10-9-13-7-3-4-8-14(13)16(15)18-11-5-2-6-12-18/h3-4,7-10H,2,5-6,11-12H2,1H3. The lowest BCUT2D eigenvalue weighted by Gasteiger charge is -2.31. The predicted molar refractivity (Wildman–Crippen MR) is 81.4 cm³/mol. The Morgan fingerprint density at radius 2 is 1.80 bits per heavy atom. The fourth-order valence-electron chi connectivity index (χ4n) is 2.99. The Hall–Kier alpha value is -2.03. The van der Waals surface area contributed by atoms with Crippen LogP contribution in [0.15, 0.2) is 36.4 Å². The van der Waals surface area contributed by atoms with Crippen molar-refractivity contribution in [3.63, 3.8) is 0 Å². The number of carbonyl (C=O) groups is 1. The van der Waals surface area contributed by atoms with E-state index in [2.05, 4.69) is 17.0 Å². The molecule has 20 heavy (non-hydrogen) atoms. The zero-order valence-electron chi connectivity index (χ0n) is 11.8. The number of fused-ring (bicyclic) bond motifs is 1. The van der Waals surface area contributed by atoms with Crippen molar-refractivity contribution in [2.75, 3.05) is 25.1 Å². The van der Waals surface area contributed by atoms with E-state index in [1.54, 1.807) is 0 Å². The molecule has 3 nitrogen and oxygen atoms in total. The molecular weight excluding hydrogens is 250 g/mol. The van der Waals surface area contributed by atoms with E-state index >= 15 is 0 Å². The first kappa shape index (κ1) is 13.0. The molecule has 0 unspecified atom stereocenters. The van der Waals surface area contributed by atoms with Gasteiger partial charge in [0, 0.05) is 18.5 Å². The Bertz CT molecular complexity index is 630. The number of hydrogen-bond acceptors (Lipinski definition) is 3. The molecule has 1 fully saturated rings. The van der Waals surface area contributed by atoms with Crippen molar-refractivity contribution in [3.05, 3.63) is 42.0 Å². The monoisotopic (exact) mass is 269 g/mol. The summed E-state index contributed by atoms with van der Waals surface area (Å²) in [7, 11) is 1.44. The molecule has 3 rings (SSSR count). The summed E-state index contributed by atoms with van der Waals surface area (Å²) in [6.45, 7) is 2.02. The second-order valence-electron chi connectivity index (χ2n) is 5.22. The quantitative estimate of drug-likeness (QED) is 0.780. The van der Waals surface area contributed by atoms with Gasteiger partial charge in [-0.25, -0.2) is 4.79 Å². The molecule has 2 aromatic carbocycles. The smallest absolute Gasteiger partial charge is 0.339 e. The zero-order chi connectivity index (χ0) is 13.9. The first-order valence-electron chi connectivity index (χ1n) is 7.16. The van der Waals surface area contributed by atoms with Crippen molar-refractivity contribution >= 4 is 22.4 Å². The molecule has 1 aliphatic rings. The highest BCUT2D eigenvalue weighted by Crippen LogP contribution is 2.33. The van der Waals surface area contributed by atoms with Gasteiger partial charge >= 0.3 is 5.97 Å². The lowest BCUT2D eigenvalue weighted by molar-refractivity contribution is 0.0601. The van der Waals surface area contributed by atoms with Gasteiger partial charge in [0.1, 0.15) is 0 Å². The summed E-state index contributed by atoms with van der Waals surface area (Å²) >= 11 is 0. The van der Waals surface area contributed by atoms with Crippen molar-refractivity contribution in [1.82, 2.24) is 0 Å². The number of esters is 1. The summed E-state index contributed by atoms with van der Waals surface area (Å²) in [4.78, 5) is 14.4. The Kier molecular flexibility index (Phi) is 3.59. The molecule has 0 N–H and O–H groups in total. The number of carbonyl (C=O) groups excluding carboxylic acids is 1. The molecule has 0 atom stereocenters. The Balaban J connectivity index is 2.19. The average Bonchev–Trinajstić information content (AvgIpc) is 2.53. The molecule has 0 bridgehead atoms. The molecule has 1 aliphatic heterocycles. The maximum absolute atomic E-state index is 12.1. The molecule has 3 heteroatoms. The van der Waals surface area contributed by atoms with Gasteiger partial charge in [-0.1, -0.05) is 30.3 Å². The zero-order valence-corrected chi connectivity index (χ0v) is 11.8. The molecule has 0 aliphatic carbocycles. The number of methoxy groups -OCH3 is 1. The van der Waals surface area contributed by atoms with Crippen molar-refractivity contribution in [2.45, 2.75) is 19.3 Å². The van der Waals surface area contributed by atoms with Crippen LogP contribution in [0.3, 0.4) is 0 Å². The number of benzene rings is 2. The third-order valence-electron chi connectivity index (χ3n) is 3.98. The van der Waals surface area contributed by atoms with Crippen LogP contribution in [-0.4, -0.2) is 26.2 Å². The minimum Gasteiger partial charge on any atom is -0.465 e. The Morgan fingerprint density at radius 3 is 2.55 bits per heavy atom. The molecule has 0 spiro atoms. The maximum atomic E-state index is 12.1. The third kappa shape index (κ3) is 2.24. The van der Waals surface area contributed by atoms with E-state index in [1.807, 2.05) is 24.3 Å². The highest BCUT2D eigenvalue weighted by molar-refractivity contribution is 6.06. The summed E-state index contributed by atoms with van der Waals surface area (Å²) in [5.41, 5.74) is 1.71. The van der Waals surface area contributed by atoms with Crippen LogP contribution in [0, 0.1) is 0 Å². The fourth-order valence-corrected chi connectivity index (χ4v) is 2.99. The van der Waals surface area contributed by atoms with E-state index in [9.17, 15) is 4.79 Å². The van der Waals surface area contributed by atoms with E-state index in [0.717, 1.165) is 24.2 Å². The van der Waals surface area contributed by atoms with E-state index < -0.39 is 0 Å². The first-order valence-corrected chi connectivity index (χ1v) is 7.16. The van der Waals surface area contributed by atoms with Gasteiger partial charge in [0.2, 0.25) is 0 Å². The lowest BCUT2D eigenvalue weighted by Crippen LogP contribution is -2.31. The minimum absolute atomic E-state index is 0.253. The van der Waals surface area contributed by atoms with E-state index in [4.69, 9.17) is 4.74 Å². The van der Waals surface area contributed by atoms with Gasteiger partial charge in [-0.05, 0) is 30.7 Å². The van der Waals surface area contributed by atoms with Crippen molar-refractivity contribution in [3.8, 4) is 0 Å². The predicted octanol–water partition coefficient (Wildman–Crippen LogP) is 3.62. The van der Waals surface area contributed by atoms with Crippen LogP contribution in [0.2, 0.25) is 0 Å². The van der Waals surface area contributed by atoms with Gasteiger partial charge < -0.3 is 9.64 Å². The second kappa shape index (κ2) is 5.53. The van der Waals surface area contributed by atoms with Crippen LogP contribution in [0.5, 0.6) is 0 Å². The Morgan fingerprint density at radius 1 is 1.05 bits per heavy atom. The Labute approximate surface area is 119 Å². The average molecular weight is 269 g/mol. The van der Waals surface area contributed by atoms with Crippen molar-refractivity contribution < 1.29 is 9.53 Å². The third-order valence-corrected chi connectivity index (χ3v) is 3.98. The topological polar surface area (TPSA) is 29.5 Å². The number of nitrogens with zero attached hydrogens (tertiary/aromatic N) is 1. The molecule has 1 heterocycles. The molecule has 1 saturated heterocycles. The van der Waals surface area contributed by atoms with Gasteiger partial charge in [-0.3, -0.25) is 0 Å². The van der Waals surface area contributed by atoms with E-state index in [1.165, 1.54) is 31.8 Å². The number of rotatable bonds is 2. The molecular formula is C17H19NO2. The molecule has 0 aromatic heterocycles. The molecule has 0 saturated carbocycles. The SMILES string of the molecule is COC(=O)c1ccc2ccccc2c1N1CCCCC1. The number of hydrogen-bond donors (Lipinski definition) is 0. The van der Waals surface area contributed by atoms with Gasteiger partial charge in [-0.15, -0.1) is 0 Å². The molecule has 104 valence electrons. The van der Waals surface area contributed by atoms with Crippen LogP contribution >= 0.6 is 0 Å². The molecule has 2 aromatic rings. The van der Waals surface area contributed by atoms with E-state index in [0.29, 0.717) is 5.56 Å². The van der Waals surface area contributed by atoms with Crippen LogP contribution in [0.1, 0.15) is 29.6 Å². The molecule has 0 radical (unpaired) electrons. The van der Waals surface area contributed by atoms with Crippen LogP contribution in [0.4, 0.5) is 5.69 Å². The summed E-state index contributed by atoms with van der Waals surface area (Å²) in [5, 5.41) is 2.30. The highest BCUT2D eigenvalue weighted by atomic mass is 16.5. The first-order chi connectivity index (χ1) is 9.81. The summed E-state index contributed by atoms with van der Waals surface area (Å²) in [6, 6.07) is 12.1. The van der Waals surface area contributed by atoms with Gasteiger partial charge in [0.25, 0.3) is 0 Å².